The van der Waals surface area contributed by atoms with Gasteiger partial charge >= 0.3 is 6.09 Å². The average Bonchev–Trinajstić information content (AvgIpc) is 2.64. The normalized spacial score (nSPS) is 16.0. The van der Waals surface area contributed by atoms with E-state index in [9.17, 15) is 14.4 Å². The highest BCUT2D eigenvalue weighted by atomic mass is 16.6. The summed E-state index contributed by atoms with van der Waals surface area (Å²) in [6.45, 7) is 17.0. The molecule has 0 heterocycles. The second kappa shape index (κ2) is 11.2. The highest BCUT2D eigenvalue weighted by molar-refractivity contribution is 5.92. The molecule has 2 N–H and O–H groups in total. The van der Waals surface area contributed by atoms with Crippen LogP contribution in [-0.4, -0.2) is 46.5 Å². The Bertz CT molecular complexity index is 884. The van der Waals surface area contributed by atoms with Gasteiger partial charge in [0.05, 0.1) is 0 Å². The van der Waals surface area contributed by atoms with E-state index < -0.39 is 23.8 Å². The Hall–Kier alpha value is -2.57. The van der Waals surface area contributed by atoms with Gasteiger partial charge in [0.25, 0.3) is 0 Å². The van der Waals surface area contributed by atoms with E-state index in [1.54, 1.807) is 25.7 Å². The minimum absolute atomic E-state index is 0.0568. The lowest BCUT2D eigenvalue weighted by atomic mass is 9.87. The van der Waals surface area contributed by atoms with Crippen molar-refractivity contribution in [1.29, 1.82) is 0 Å². The summed E-state index contributed by atoms with van der Waals surface area (Å²) in [4.78, 5) is 41.9. The van der Waals surface area contributed by atoms with Crippen molar-refractivity contribution in [3.8, 4) is 0 Å². The summed E-state index contributed by atoms with van der Waals surface area (Å²) in [5, 5.41) is 5.79. The first kappa shape index (κ1) is 27.7. The fourth-order valence-electron chi connectivity index (χ4n) is 4.03. The van der Waals surface area contributed by atoms with Gasteiger partial charge in [-0.1, -0.05) is 32.0 Å². The highest BCUT2D eigenvalue weighted by Gasteiger charge is 2.42. The van der Waals surface area contributed by atoms with Gasteiger partial charge in [0.2, 0.25) is 11.8 Å². The number of hydrogen-bond acceptors (Lipinski definition) is 4. The minimum Gasteiger partial charge on any atom is -0.444 e. The maximum Gasteiger partial charge on any atom is 0.408 e. The molecule has 2 unspecified atom stereocenters. The standard InChI is InChI=1S/C27H43N3O4/c1-16(2)22(29-26(33)34-27(7,8)9)25(32)30(21-11-10-12-21)23(24(31)28-17(3)4)20-14-13-18(5)19(6)15-20/h13-17,21-23H,10-12H2,1-9H3,(H,28,31)(H,29,33). The van der Waals surface area contributed by atoms with E-state index in [2.05, 4.69) is 10.6 Å². The number of nitrogens with zero attached hydrogens (tertiary/aromatic N) is 1. The van der Waals surface area contributed by atoms with Crippen LogP contribution in [0, 0.1) is 19.8 Å². The molecule has 34 heavy (non-hydrogen) atoms. The summed E-state index contributed by atoms with van der Waals surface area (Å²) >= 11 is 0. The zero-order valence-electron chi connectivity index (χ0n) is 22.3. The molecule has 1 aromatic rings. The van der Waals surface area contributed by atoms with E-state index >= 15 is 0 Å². The third kappa shape index (κ3) is 7.21. The molecule has 7 nitrogen and oxygen atoms in total. The molecule has 0 saturated heterocycles. The number of carbonyl (C=O) groups is 3. The van der Waals surface area contributed by atoms with Crippen LogP contribution in [0.2, 0.25) is 0 Å². The number of aryl methyl sites for hydroxylation is 2. The van der Waals surface area contributed by atoms with Crippen LogP contribution >= 0.6 is 0 Å². The van der Waals surface area contributed by atoms with Gasteiger partial charge in [-0.05, 0) is 90.3 Å². The molecule has 0 radical (unpaired) electrons. The first-order valence-corrected chi connectivity index (χ1v) is 12.4. The van der Waals surface area contributed by atoms with Crippen molar-refractivity contribution in [2.45, 2.75) is 111 Å². The predicted octanol–water partition coefficient (Wildman–Crippen LogP) is 4.80. The van der Waals surface area contributed by atoms with Crippen LogP contribution in [0.25, 0.3) is 0 Å². The number of ether oxygens (including phenoxy) is 1. The minimum atomic E-state index is -0.809. The van der Waals surface area contributed by atoms with Gasteiger partial charge in [-0.3, -0.25) is 9.59 Å². The number of carbonyl (C=O) groups excluding carboxylic acids is 3. The van der Waals surface area contributed by atoms with Crippen LogP contribution in [0.3, 0.4) is 0 Å². The Morgan fingerprint density at radius 3 is 2.06 bits per heavy atom. The molecule has 0 spiro atoms. The Morgan fingerprint density at radius 2 is 1.62 bits per heavy atom. The Labute approximate surface area is 205 Å². The van der Waals surface area contributed by atoms with E-state index in [0.717, 1.165) is 36.0 Å². The Morgan fingerprint density at radius 1 is 1.00 bits per heavy atom. The summed E-state index contributed by atoms with van der Waals surface area (Å²) in [6, 6.07) is 4.20. The van der Waals surface area contributed by atoms with Gasteiger partial charge in [-0.15, -0.1) is 0 Å². The highest BCUT2D eigenvalue weighted by Crippen LogP contribution is 2.35. The number of rotatable bonds is 8. The molecule has 1 aliphatic carbocycles. The summed E-state index contributed by atoms with van der Waals surface area (Å²) in [5.74, 6) is -0.651. The first-order chi connectivity index (χ1) is 15.7. The van der Waals surface area contributed by atoms with Crippen LogP contribution in [-0.2, 0) is 14.3 Å². The zero-order valence-corrected chi connectivity index (χ0v) is 22.3. The largest absolute Gasteiger partial charge is 0.444 e. The lowest BCUT2D eigenvalue weighted by Crippen LogP contribution is -2.59. The molecule has 3 amide bonds. The van der Waals surface area contributed by atoms with Crippen molar-refractivity contribution in [2.24, 2.45) is 5.92 Å². The van der Waals surface area contributed by atoms with Crippen LogP contribution in [0.1, 0.15) is 90.5 Å². The molecule has 1 aliphatic rings. The van der Waals surface area contributed by atoms with E-state index in [0.29, 0.717) is 0 Å². The number of nitrogens with one attached hydrogen (secondary N) is 2. The number of amides is 3. The van der Waals surface area contributed by atoms with Crippen LogP contribution in [0.15, 0.2) is 18.2 Å². The van der Waals surface area contributed by atoms with Gasteiger partial charge < -0.3 is 20.3 Å². The zero-order chi connectivity index (χ0) is 25.8. The fraction of sp³-hybridized carbons (Fsp3) is 0.667. The van der Waals surface area contributed by atoms with Gasteiger partial charge in [-0.25, -0.2) is 4.79 Å². The lowest BCUT2D eigenvalue weighted by molar-refractivity contribution is -0.148. The van der Waals surface area contributed by atoms with E-state index in [1.807, 2.05) is 59.7 Å². The van der Waals surface area contributed by atoms with Gasteiger partial charge in [0.1, 0.15) is 17.7 Å². The van der Waals surface area contributed by atoms with Gasteiger partial charge in [-0.2, -0.15) is 0 Å². The molecule has 1 fully saturated rings. The summed E-state index contributed by atoms with van der Waals surface area (Å²) in [6.07, 6.45) is 2.03. The van der Waals surface area contributed by atoms with Crippen molar-refractivity contribution in [2.75, 3.05) is 0 Å². The van der Waals surface area contributed by atoms with E-state index in [-0.39, 0.29) is 29.8 Å². The van der Waals surface area contributed by atoms with Crippen LogP contribution in [0.4, 0.5) is 4.79 Å². The maximum absolute atomic E-state index is 14.1. The molecular formula is C27H43N3O4. The molecular weight excluding hydrogens is 430 g/mol. The predicted molar refractivity (Wildman–Crippen MR) is 134 cm³/mol. The average molecular weight is 474 g/mol. The van der Waals surface area contributed by atoms with Crippen molar-refractivity contribution in [3.63, 3.8) is 0 Å². The molecule has 2 atom stereocenters. The lowest BCUT2D eigenvalue weighted by Gasteiger charge is -2.44. The summed E-state index contributed by atoms with van der Waals surface area (Å²) in [5.41, 5.74) is 2.29. The molecule has 1 saturated carbocycles. The number of hydrogen-bond donors (Lipinski definition) is 2. The summed E-state index contributed by atoms with van der Waals surface area (Å²) < 4.78 is 5.42. The van der Waals surface area contributed by atoms with Crippen molar-refractivity contribution in [3.05, 3.63) is 34.9 Å². The first-order valence-electron chi connectivity index (χ1n) is 12.4. The maximum atomic E-state index is 14.1. The molecule has 0 bridgehead atoms. The second-order valence-corrected chi connectivity index (χ2v) is 11.1. The van der Waals surface area contributed by atoms with Crippen LogP contribution < -0.4 is 10.6 Å². The molecule has 0 aliphatic heterocycles. The molecule has 7 heteroatoms. The topological polar surface area (TPSA) is 87.7 Å². The SMILES string of the molecule is Cc1ccc(C(C(=O)NC(C)C)N(C(=O)C(NC(=O)OC(C)(C)C)C(C)C)C2CCC2)cc1C. The van der Waals surface area contributed by atoms with Gasteiger partial charge in [0.15, 0.2) is 0 Å². The number of alkyl carbamates (subject to hydrolysis) is 1. The summed E-state index contributed by atoms with van der Waals surface area (Å²) in [7, 11) is 0. The fourth-order valence-corrected chi connectivity index (χ4v) is 4.03. The molecule has 1 aromatic carbocycles. The molecule has 2 rings (SSSR count). The van der Waals surface area contributed by atoms with Gasteiger partial charge in [0, 0.05) is 12.1 Å². The number of benzene rings is 1. The quantitative estimate of drug-likeness (QED) is 0.568. The van der Waals surface area contributed by atoms with E-state index in [4.69, 9.17) is 4.74 Å². The van der Waals surface area contributed by atoms with Crippen molar-refractivity contribution >= 4 is 17.9 Å². The second-order valence-electron chi connectivity index (χ2n) is 11.1. The van der Waals surface area contributed by atoms with Crippen molar-refractivity contribution in [1.82, 2.24) is 15.5 Å². The van der Waals surface area contributed by atoms with Crippen LogP contribution in [0.5, 0.6) is 0 Å². The Balaban J connectivity index is 2.50. The molecule has 190 valence electrons. The molecule has 0 aromatic heterocycles. The smallest absolute Gasteiger partial charge is 0.408 e. The third-order valence-electron chi connectivity index (χ3n) is 6.13. The van der Waals surface area contributed by atoms with Crippen molar-refractivity contribution < 1.29 is 19.1 Å². The Kier molecular flexibility index (Phi) is 9.15. The monoisotopic (exact) mass is 473 g/mol. The third-order valence-corrected chi connectivity index (χ3v) is 6.13. The van der Waals surface area contributed by atoms with E-state index in [1.165, 1.54) is 0 Å².